The molecule has 1 saturated heterocycles. The van der Waals surface area contributed by atoms with E-state index in [-0.39, 0.29) is 11.8 Å². The summed E-state index contributed by atoms with van der Waals surface area (Å²) in [6.07, 6.45) is -0.842. The molecule has 0 aliphatic carbocycles. The lowest BCUT2D eigenvalue weighted by Crippen LogP contribution is -2.52. The molecular weight excluding hydrogens is 411 g/mol. The lowest BCUT2D eigenvalue weighted by atomic mass is 10.2. The molecule has 1 atom stereocenters. The first-order valence-corrected chi connectivity index (χ1v) is 8.47. The van der Waals surface area contributed by atoms with E-state index in [1.165, 1.54) is 6.92 Å². The van der Waals surface area contributed by atoms with E-state index >= 15 is 0 Å². The van der Waals surface area contributed by atoms with E-state index in [0.717, 1.165) is 3.57 Å². The molecule has 23 heavy (non-hydrogen) atoms. The molecule has 1 aliphatic rings. The van der Waals surface area contributed by atoms with Crippen LogP contribution in [0.3, 0.4) is 0 Å². The van der Waals surface area contributed by atoms with Crippen molar-refractivity contribution in [1.29, 1.82) is 0 Å². The molecule has 2 rings (SSSR count). The molecule has 0 bridgehead atoms. The lowest BCUT2D eigenvalue weighted by Gasteiger charge is -2.35. The van der Waals surface area contributed by atoms with Crippen molar-refractivity contribution in [1.82, 2.24) is 9.80 Å². The van der Waals surface area contributed by atoms with Crippen molar-refractivity contribution in [3.05, 3.63) is 33.4 Å². The zero-order valence-electron chi connectivity index (χ0n) is 13.1. The highest BCUT2D eigenvalue weighted by Crippen LogP contribution is 2.11. The second-order valence-electron chi connectivity index (χ2n) is 5.39. The van der Waals surface area contributed by atoms with E-state index < -0.39 is 12.1 Å². The Morgan fingerprint density at radius 2 is 1.57 bits per heavy atom. The van der Waals surface area contributed by atoms with Gasteiger partial charge in [-0.2, -0.15) is 0 Å². The molecule has 2 amide bonds. The number of hydrogen-bond acceptors (Lipinski definition) is 4. The zero-order valence-corrected chi connectivity index (χ0v) is 15.3. The molecule has 0 spiro atoms. The molecular formula is C16H19IN2O4. The van der Waals surface area contributed by atoms with Crippen molar-refractivity contribution in [2.45, 2.75) is 20.0 Å². The first-order chi connectivity index (χ1) is 10.9. The third-order valence-electron chi connectivity index (χ3n) is 3.75. The van der Waals surface area contributed by atoms with E-state index in [9.17, 15) is 14.4 Å². The highest BCUT2D eigenvalue weighted by molar-refractivity contribution is 14.1. The number of carbonyl (C=O) groups is 3. The van der Waals surface area contributed by atoms with Crippen LogP contribution in [0.1, 0.15) is 24.2 Å². The zero-order chi connectivity index (χ0) is 17.0. The van der Waals surface area contributed by atoms with Gasteiger partial charge in [-0.15, -0.1) is 0 Å². The number of ether oxygens (including phenoxy) is 1. The van der Waals surface area contributed by atoms with Crippen LogP contribution in [0.5, 0.6) is 0 Å². The van der Waals surface area contributed by atoms with Crippen LogP contribution < -0.4 is 0 Å². The average Bonchev–Trinajstić information content (AvgIpc) is 2.54. The van der Waals surface area contributed by atoms with Gasteiger partial charge in [0.25, 0.3) is 5.91 Å². The molecule has 1 unspecified atom stereocenters. The number of halogens is 1. The van der Waals surface area contributed by atoms with E-state index in [2.05, 4.69) is 22.6 Å². The van der Waals surface area contributed by atoms with Gasteiger partial charge in [0.2, 0.25) is 5.91 Å². The van der Waals surface area contributed by atoms with Crippen molar-refractivity contribution in [3.8, 4) is 0 Å². The van der Waals surface area contributed by atoms with Gasteiger partial charge in [-0.1, -0.05) is 0 Å². The minimum absolute atomic E-state index is 0.00952. The summed E-state index contributed by atoms with van der Waals surface area (Å²) in [7, 11) is 0. The molecule has 1 fully saturated rings. The van der Waals surface area contributed by atoms with Gasteiger partial charge < -0.3 is 14.5 Å². The minimum Gasteiger partial charge on any atom is -0.449 e. The number of nitrogens with zero attached hydrogens (tertiary/aromatic N) is 2. The Hall–Kier alpha value is -1.64. The Balaban J connectivity index is 1.89. The normalized spacial score (nSPS) is 16.0. The summed E-state index contributed by atoms with van der Waals surface area (Å²) in [6, 6.07) is 6.97. The number of amides is 2. The van der Waals surface area contributed by atoms with Gasteiger partial charge in [-0.25, -0.2) is 4.79 Å². The van der Waals surface area contributed by atoms with E-state index in [1.54, 1.807) is 28.9 Å². The average molecular weight is 430 g/mol. The van der Waals surface area contributed by atoms with Crippen LogP contribution in [0.4, 0.5) is 0 Å². The highest BCUT2D eigenvalue weighted by Gasteiger charge is 2.28. The summed E-state index contributed by atoms with van der Waals surface area (Å²) in [5.74, 6) is -0.730. The maximum atomic E-state index is 12.3. The number of hydrogen-bond donors (Lipinski definition) is 0. The molecule has 0 aromatic heterocycles. The van der Waals surface area contributed by atoms with Crippen LogP contribution in [0.15, 0.2) is 24.3 Å². The van der Waals surface area contributed by atoms with Crippen LogP contribution in [0, 0.1) is 3.57 Å². The second-order valence-corrected chi connectivity index (χ2v) is 6.63. The van der Waals surface area contributed by atoms with Crippen molar-refractivity contribution in [2.75, 3.05) is 26.2 Å². The molecule has 124 valence electrons. The summed E-state index contributed by atoms with van der Waals surface area (Å²) < 4.78 is 6.27. The van der Waals surface area contributed by atoms with Gasteiger partial charge >= 0.3 is 5.97 Å². The van der Waals surface area contributed by atoms with Crippen LogP contribution in [0.2, 0.25) is 0 Å². The smallest absolute Gasteiger partial charge is 0.338 e. The second kappa shape index (κ2) is 7.76. The summed E-state index contributed by atoms with van der Waals surface area (Å²) in [5.41, 5.74) is 0.423. The highest BCUT2D eigenvalue weighted by atomic mass is 127. The first kappa shape index (κ1) is 17.7. The van der Waals surface area contributed by atoms with Gasteiger partial charge in [0.05, 0.1) is 5.56 Å². The Bertz CT molecular complexity index is 595. The number of carbonyl (C=O) groups excluding carboxylic acids is 3. The molecule has 7 heteroatoms. The summed E-state index contributed by atoms with van der Waals surface area (Å²) in [5, 5.41) is 0. The first-order valence-electron chi connectivity index (χ1n) is 7.39. The van der Waals surface area contributed by atoms with Gasteiger partial charge in [-0.05, 0) is 53.8 Å². The Morgan fingerprint density at radius 1 is 1.04 bits per heavy atom. The molecule has 0 radical (unpaired) electrons. The van der Waals surface area contributed by atoms with Crippen LogP contribution in [-0.4, -0.2) is 59.9 Å². The SMILES string of the molecule is CC(=O)N1CCN(C(=O)C(C)OC(=O)c2ccc(I)cc2)CC1. The van der Waals surface area contributed by atoms with Crippen LogP contribution >= 0.6 is 22.6 Å². The third-order valence-corrected chi connectivity index (χ3v) is 4.47. The number of piperazine rings is 1. The van der Waals surface area contributed by atoms with Crippen molar-refractivity contribution >= 4 is 40.4 Å². The largest absolute Gasteiger partial charge is 0.449 e. The molecule has 1 aromatic rings. The molecule has 1 aliphatic heterocycles. The monoisotopic (exact) mass is 430 g/mol. The van der Waals surface area contributed by atoms with E-state index in [1.807, 2.05) is 12.1 Å². The molecule has 6 nitrogen and oxygen atoms in total. The number of rotatable bonds is 3. The summed E-state index contributed by atoms with van der Waals surface area (Å²) >= 11 is 2.15. The van der Waals surface area contributed by atoms with Gasteiger partial charge in [0.1, 0.15) is 0 Å². The van der Waals surface area contributed by atoms with Gasteiger partial charge in [0.15, 0.2) is 6.10 Å². The fourth-order valence-electron chi connectivity index (χ4n) is 2.36. The van der Waals surface area contributed by atoms with Gasteiger partial charge in [0, 0.05) is 36.7 Å². The van der Waals surface area contributed by atoms with Crippen LogP contribution in [-0.2, 0) is 14.3 Å². The van der Waals surface area contributed by atoms with Crippen molar-refractivity contribution in [3.63, 3.8) is 0 Å². The lowest BCUT2D eigenvalue weighted by molar-refractivity contribution is -0.144. The third kappa shape index (κ3) is 4.66. The molecule has 1 aromatic carbocycles. The maximum Gasteiger partial charge on any atom is 0.338 e. The summed E-state index contributed by atoms with van der Waals surface area (Å²) in [4.78, 5) is 39.0. The summed E-state index contributed by atoms with van der Waals surface area (Å²) in [6.45, 7) is 5.04. The van der Waals surface area contributed by atoms with Crippen molar-refractivity contribution < 1.29 is 19.1 Å². The molecule has 0 saturated carbocycles. The maximum absolute atomic E-state index is 12.3. The minimum atomic E-state index is -0.842. The fourth-order valence-corrected chi connectivity index (χ4v) is 2.72. The Labute approximate surface area is 148 Å². The Kier molecular flexibility index (Phi) is 5.97. The number of esters is 1. The predicted octanol–water partition coefficient (Wildman–Crippen LogP) is 1.53. The fraction of sp³-hybridized carbons (Fsp3) is 0.438. The van der Waals surface area contributed by atoms with Crippen LogP contribution in [0.25, 0.3) is 0 Å². The quantitative estimate of drug-likeness (QED) is 0.539. The van der Waals surface area contributed by atoms with E-state index in [0.29, 0.717) is 31.7 Å². The topological polar surface area (TPSA) is 66.9 Å². The van der Waals surface area contributed by atoms with Crippen molar-refractivity contribution in [2.24, 2.45) is 0 Å². The van der Waals surface area contributed by atoms with Gasteiger partial charge in [-0.3, -0.25) is 9.59 Å². The Morgan fingerprint density at radius 3 is 2.09 bits per heavy atom. The molecule has 1 heterocycles. The predicted molar refractivity (Wildman–Crippen MR) is 92.9 cm³/mol. The standard InChI is InChI=1S/C16H19IN2O4/c1-11(23-16(22)13-3-5-14(17)6-4-13)15(21)19-9-7-18(8-10-19)12(2)20/h3-6,11H,7-10H2,1-2H3. The number of benzene rings is 1. The molecule has 0 N–H and O–H groups in total. The van der Waals surface area contributed by atoms with E-state index in [4.69, 9.17) is 4.74 Å².